The molecule has 0 fully saturated rings. The van der Waals surface area contributed by atoms with Gasteiger partial charge in [-0.05, 0) is 52.6 Å². The molecule has 204 valence electrons. The molecule has 2 aromatic heterocycles. The number of methoxy groups -OCH3 is 1. The zero-order valence-electron chi connectivity index (χ0n) is 22.8. The number of hydrogen-bond donors (Lipinski definition) is 2. The van der Waals surface area contributed by atoms with Gasteiger partial charge in [-0.15, -0.1) is 11.3 Å². The number of rotatable bonds is 5. The molecule has 40 heavy (non-hydrogen) atoms. The van der Waals surface area contributed by atoms with Crippen LogP contribution >= 0.6 is 11.3 Å². The summed E-state index contributed by atoms with van der Waals surface area (Å²) >= 11 is 1.31. The highest BCUT2D eigenvalue weighted by Gasteiger charge is 2.25. The molecule has 0 unspecified atom stereocenters. The Morgan fingerprint density at radius 3 is 2.35 bits per heavy atom. The summed E-state index contributed by atoms with van der Waals surface area (Å²) < 4.78 is 4.94. The Morgan fingerprint density at radius 2 is 1.68 bits per heavy atom. The Balaban J connectivity index is 1.41. The lowest BCUT2D eigenvalue weighted by molar-refractivity contribution is -0.114. The molecule has 1 aliphatic heterocycles. The van der Waals surface area contributed by atoms with E-state index in [0.717, 1.165) is 32.5 Å². The van der Waals surface area contributed by atoms with Crippen LogP contribution in [-0.2, 0) is 14.9 Å². The maximum atomic E-state index is 13.1. The second-order valence-corrected chi connectivity index (χ2v) is 11.5. The largest absolute Gasteiger partial charge is 0.465 e. The first-order valence-electron chi connectivity index (χ1n) is 12.9. The van der Waals surface area contributed by atoms with Crippen molar-refractivity contribution < 1.29 is 19.1 Å². The molecule has 5 rings (SSSR count). The Morgan fingerprint density at radius 1 is 0.975 bits per heavy atom. The molecule has 1 aliphatic rings. The molecule has 0 bridgehead atoms. The van der Waals surface area contributed by atoms with Crippen LogP contribution in [0.5, 0.6) is 0 Å². The molecular formula is C31H30N4O4S. The zero-order valence-corrected chi connectivity index (χ0v) is 23.6. The lowest BCUT2D eigenvalue weighted by Crippen LogP contribution is -2.33. The summed E-state index contributed by atoms with van der Waals surface area (Å²) in [6, 6.07) is 16.5. The van der Waals surface area contributed by atoms with Gasteiger partial charge in [0.05, 0.1) is 18.5 Å². The number of aromatic nitrogens is 1. The molecular weight excluding hydrogens is 524 g/mol. The normalized spacial score (nSPS) is 13.7. The van der Waals surface area contributed by atoms with Gasteiger partial charge in [0.25, 0.3) is 5.91 Å². The number of amides is 3. The number of fused-ring (bicyclic) bond motifs is 1. The molecule has 0 aliphatic carbocycles. The minimum Gasteiger partial charge on any atom is -0.465 e. The minimum atomic E-state index is -0.497. The molecule has 9 heteroatoms. The van der Waals surface area contributed by atoms with E-state index in [2.05, 4.69) is 15.6 Å². The van der Waals surface area contributed by atoms with Crippen LogP contribution in [-0.4, -0.2) is 36.5 Å². The average Bonchev–Trinajstić information content (AvgIpc) is 3.37. The van der Waals surface area contributed by atoms with Crippen LogP contribution in [0.3, 0.4) is 0 Å². The van der Waals surface area contributed by atoms with Crippen LogP contribution in [0, 0.1) is 0 Å². The fourth-order valence-electron chi connectivity index (χ4n) is 4.70. The van der Waals surface area contributed by atoms with E-state index < -0.39 is 12.0 Å². The Hall–Kier alpha value is -4.50. The molecule has 0 saturated carbocycles. The summed E-state index contributed by atoms with van der Waals surface area (Å²) in [5.41, 5.74) is 3.54. The summed E-state index contributed by atoms with van der Waals surface area (Å²) in [7, 11) is 1.32. The highest BCUT2D eigenvalue weighted by molar-refractivity contribution is 7.14. The van der Waals surface area contributed by atoms with Crippen molar-refractivity contribution in [3.63, 3.8) is 0 Å². The van der Waals surface area contributed by atoms with Gasteiger partial charge >= 0.3 is 12.0 Å². The van der Waals surface area contributed by atoms with E-state index in [-0.39, 0.29) is 11.3 Å². The van der Waals surface area contributed by atoms with Gasteiger partial charge in [-0.2, -0.15) is 0 Å². The van der Waals surface area contributed by atoms with Gasteiger partial charge in [-0.3, -0.25) is 9.78 Å². The number of nitrogens with one attached hydrogen (secondary N) is 2. The average molecular weight is 555 g/mol. The number of hydrogen-bond acceptors (Lipinski definition) is 6. The predicted octanol–water partition coefficient (Wildman–Crippen LogP) is 6.84. The Bertz CT molecular complexity index is 1640. The van der Waals surface area contributed by atoms with E-state index >= 15 is 0 Å². The molecule has 2 N–H and O–H groups in total. The van der Waals surface area contributed by atoms with Crippen LogP contribution in [0.15, 0.2) is 73.1 Å². The maximum Gasteiger partial charge on any atom is 0.350 e. The van der Waals surface area contributed by atoms with E-state index in [4.69, 9.17) is 4.74 Å². The first-order valence-corrected chi connectivity index (χ1v) is 13.7. The SMILES string of the molecule is COC(=O)c1sc(C(C)(C)C)cc1NC(=O)Nc1ccc(C2=CC(=O)N(c3ccncc3)CC2)c2ccccc12. The Kier molecular flexibility index (Phi) is 7.40. The molecule has 0 saturated heterocycles. The molecule has 3 amide bonds. The van der Waals surface area contributed by atoms with E-state index in [1.807, 2.05) is 75.4 Å². The number of carbonyl (C=O) groups is 3. The highest BCUT2D eigenvalue weighted by atomic mass is 32.1. The number of anilines is 3. The second-order valence-electron chi connectivity index (χ2n) is 10.5. The van der Waals surface area contributed by atoms with Crippen molar-refractivity contribution in [1.29, 1.82) is 0 Å². The fraction of sp³-hybridized carbons (Fsp3) is 0.226. The summed E-state index contributed by atoms with van der Waals surface area (Å²) in [5, 5.41) is 7.53. The number of ether oxygens (including phenoxy) is 1. The third kappa shape index (κ3) is 5.46. The molecule has 4 aromatic rings. The van der Waals surface area contributed by atoms with Gasteiger partial charge < -0.3 is 20.3 Å². The van der Waals surface area contributed by atoms with E-state index in [0.29, 0.717) is 29.2 Å². The van der Waals surface area contributed by atoms with Gasteiger partial charge in [0.2, 0.25) is 0 Å². The standard InChI is InChI=1S/C31H30N4O4S/c1-31(2,3)26-18-25(28(40-26)29(37)39-4)34-30(38)33-24-10-9-21(22-7-5-6-8-23(22)24)19-13-16-35(27(36)17-19)20-11-14-32-15-12-20/h5-12,14-15,17-18H,13,16H2,1-4H3,(H2,33,34,38). The van der Waals surface area contributed by atoms with Gasteiger partial charge in [-0.1, -0.05) is 51.1 Å². The third-order valence-electron chi connectivity index (χ3n) is 6.75. The molecule has 8 nitrogen and oxygen atoms in total. The molecule has 3 heterocycles. The van der Waals surface area contributed by atoms with Crippen molar-refractivity contribution in [2.24, 2.45) is 0 Å². The number of pyridine rings is 1. The van der Waals surface area contributed by atoms with Crippen LogP contribution in [0.2, 0.25) is 0 Å². The van der Waals surface area contributed by atoms with E-state index in [1.165, 1.54) is 18.4 Å². The summed E-state index contributed by atoms with van der Waals surface area (Å²) in [5.74, 6) is -0.576. The lowest BCUT2D eigenvalue weighted by Gasteiger charge is -2.27. The number of esters is 1. The smallest absolute Gasteiger partial charge is 0.350 e. The summed E-state index contributed by atoms with van der Waals surface area (Å²) in [6.45, 7) is 6.70. The molecule has 2 aromatic carbocycles. The van der Waals surface area contributed by atoms with Crippen molar-refractivity contribution >= 4 is 62.7 Å². The summed E-state index contributed by atoms with van der Waals surface area (Å²) in [6.07, 6.45) is 5.73. The van der Waals surface area contributed by atoms with E-state index in [9.17, 15) is 14.4 Å². The molecule has 0 radical (unpaired) electrons. The van der Waals surface area contributed by atoms with Crippen molar-refractivity contribution in [2.75, 3.05) is 29.2 Å². The number of benzene rings is 2. The van der Waals surface area contributed by atoms with Gasteiger partial charge in [0, 0.05) is 41.0 Å². The van der Waals surface area contributed by atoms with Gasteiger partial charge in [0.15, 0.2) is 0 Å². The second kappa shape index (κ2) is 10.9. The topological polar surface area (TPSA) is 101 Å². The quantitative estimate of drug-likeness (QED) is 0.263. The van der Waals surface area contributed by atoms with Crippen LogP contribution in [0.4, 0.5) is 21.9 Å². The fourth-order valence-corrected chi connectivity index (χ4v) is 5.79. The predicted molar refractivity (Wildman–Crippen MR) is 160 cm³/mol. The highest BCUT2D eigenvalue weighted by Crippen LogP contribution is 2.37. The molecule has 0 atom stereocenters. The van der Waals surface area contributed by atoms with Gasteiger partial charge in [-0.25, -0.2) is 9.59 Å². The van der Waals surface area contributed by atoms with Crippen molar-refractivity contribution in [2.45, 2.75) is 32.6 Å². The lowest BCUT2D eigenvalue weighted by atomic mass is 9.93. The number of thiophene rings is 1. The minimum absolute atomic E-state index is 0.0788. The van der Waals surface area contributed by atoms with Gasteiger partial charge in [0.1, 0.15) is 4.88 Å². The summed E-state index contributed by atoms with van der Waals surface area (Å²) in [4.78, 5) is 45.6. The van der Waals surface area contributed by atoms with Crippen molar-refractivity contribution in [3.8, 4) is 0 Å². The zero-order chi connectivity index (χ0) is 28.4. The first kappa shape index (κ1) is 27.1. The molecule has 0 spiro atoms. The van der Waals surface area contributed by atoms with Crippen LogP contribution < -0.4 is 15.5 Å². The third-order valence-corrected chi connectivity index (χ3v) is 8.29. The number of urea groups is 1. The Labute approximate surface area is 236 Å². The van der Waals surface area contributed by atoms with Crippen LogP contribution in [0.25, 0.3) is 16.3 Å². The number of carbonyl (C=O) groups excluding carboxylic acids is 3. The maximum absolute atomic E-state index is 13.1. The van der Waals surface area contributed by atoms with Crippen molar-refractivity contribution in [3.05, 3.63) is 88.4 Å². The monoisotopic (exact) mass is 554 g/mol. The first-order chi connectivity index (χ1) is 19.2. The van der Waals surface area contributed by atoms with Crippen molar-refractivity contribution in [1.82, 2.24) is 4.98 Å². The van der Waals surface area contributed by atoms with E-state index in [1.54, 1.807) is 23.4 Å². The number of nitrogens with zero attached hydrogens (tertiary/aromatic N) is 2. The van der Waals surface area contributed by atoms with Crippen LogP contribution in [0.1, 0.15) is 47.3 Å².